The second-order valence-corrected chi connectivity index (χ2v) is 7.19. The van der Waals surface area contributed by atoms with Gasteiger partial charge in [0.1, 0.15) is 0 Å². The van der Waals surface area contributed by atoms with Gasteiger partial charge in [-0.3, -0.25) is 4.31 Å². The summed E-state index contributed by atoms with van der Waals surface area (Å²) in [6.45, 7) is 3.65. The molecule has 0 spiro atoms. The second kappa shape index (κ2) is 6.42. The monoisotopic (exact) mass is 333 g/mol. The predicted octanol–water partition coefficient (Wildman–Crippen LogP) is 2.92. The van der Waals surface area contributed by atoms with Crippen molar-refractivity contribution in [3.8, 4) is 0 Å². The first-order chi connectivity index (χ1) is 10.8. The van der Waals surface area contributed by atoms with E-state index in [-0.39, 0.29) is 16.1 Å². The summed E-state index contributed by atoms with van der Waals surface area (Å²) < 4.78 is 31.6. The van der Waals surface area contributed by atoms with Gasteiger partial charge in [-0.05, 0) is 37.6 Å². The van der Waals surface area contributed by atoms with Crippen molar-refractivity contribution >= 4 is 21.7 Å². The lowest BCUT2D eigenvalue weighted by Gasteiger charge is -2.22. The van der Waals surface area contributed by atoms with E-state index in [4.69, 9.17) is 4.74 Å². The lowest BCUT2D eigenvalue weighted by molar-refractivity contribution is 0.0601. The molecule has 2 aromatic carbocycles. The first-order valence-electron chi connectivity index (χ1n) is 7.02. The number of para-hydroxylation sites is 1. The molecule has 0 aromatic heterocycles. The molecule has 0 bridgehead atoms. The van der Waals surface area contributed by atoms with Crippen LogP contribution in [0, 0.1) is 13.8 Å². The third kappa shape index (κ3) is 3.22. The zero-order valence-corrected chi connectivity index (χ0v) is 14.3. The van der Waals surface area contributed by atoms with Crippen molar-refractivity contribution in [2.24, 2.45) is 0 Å². The minimum atomic E-state index is -3.78. The normalized spacial score (nSPS) is 11.1. The average molecular weight is 333 g/mol. The van der Waals surface area contributed by atoms with Crippen LogP contribution in [0.3, 0.4) is 0 Å². The number of carbonyl (C=O) groups excluding carboxylic acids is 1. The highest BCUT2D eigenvalue weighted by atomic mass is 32.2. The van der Waals surface area contributed by atoms with Gasteiger partial charge >= 0.3 is 5.97 Å². The molecule has 0 radical (unpaired) electrons. The van der Waals surface area contributed by atoms with Gasteiger partial charge in [-0.1, -0.05) is 29.8 Å². The molecule has 0 atom stereocenters. The quantitative estimate of drug-likeness (QED) is 0.807. The number of sulfonamides is 1. The van der Waals surface area contributed by atoms with Crippen molar-refractivity contribution in [1.29, 1.82) is 0 Å². The Balaban J connectivity index is 2.56. The summed E-state index contributed by atoms with van der Waals surface area (Å²) in [7, 11) is -1.09. The van der Waals surface area contributed by atoms with Gasteiger partial charge < -0.3 is 4.74 Å². The molecule has 23 heavy (non-hydrogen) atoms. The van der Waals surface area contributed by atoms with Crippen LogP contribution < -0.4 is 4.31 Å². The number of methoxy groups -OCH3 is 1. The van der Waals surface area contributed by atoms with E-state index in [2.05, 4.69) is 0 Å². The van der Waals surface area contributed by atoms with E-state index in [9.17, 15) is 13.2 Å². The third-order valence-corrected chi connectivity index (χ3v) is 5.55. The summed E-state index contributed by atoms with van der Waals surface area (Å²) in [5.74, 6) is -0.580. The maximum atomic E-state index is 12.9. The molecule has 2 rings (SSSR count). The number of benzene rings is 2. The molecular weight excluding hydrogens is 314 g/mol. The summed E-state index contributed by atoms with van der Waals surface area (Å²) >= 11 is 0. The Bertz CT molecular complexity index is 843. The van der Waals surface area contributed by atoms with Gasteiger partial charge in [-0.2, -0.15) is 0 Å². The fraction of sp³-hybridized carbons (Fsp3) is 0.235. The van der Waals surface area contributed by atoms with Crippen molar-refractivity contribution in [3.63, 3.8) is 0 Å². The van der Waals surface area contributed by atoms with E-state index >= 15 is 0 Å². The van der Waals surface area contributed by atoms with Crippen LogP contribution in [-0.2, 0) is 14.8 Å². The molecule has 0 saturated heterocycles. The molecule has 0 fully saturated rings. The highest BCUT2D eigenvalue weighted by Gasteiger charge is 2.26. The van der Waals surface area contributed by atoms with Crippen LogP contribution >= 0.6 is 0 Å². The molecule has 0 saturated carbocycles. The molecule has 5 nitrogen and oxygen atoms in total. The number of carbonyl (C=O) groups is 1. The highest BCUT2D eigenvalue weighted by molar-refractivity contribution is 7.92. The topological polar surface area (TPSA) is 63.7 Å². The molecule has 0 N–H and O–H groups in total. The van der Waals surface area contributed by atoms with E-state index < -0.39 is 16.0 Å². The van der Waals surface area contributed by atoms with Crippen molar-refractivity contribution < 1.29 is 17.9 Å². The number of esters is 1. The molecule has 0 aliphatic carbocycles. The Labute approximate surface area is 136 Å². The van der Waals surface area contributed by atoms with Gasteiger partial charge in [-0.15, -0.1) is 0 Å². The van der Waals surface area contributed by atoms with Crippen molar-refractivity contribution in [2.45, 2.75) is 18.7 Å². The molecule has 0 unspecified atom stereocenters. The third-order valence-electron chi connectivity index (χ3n) is 3.62. The number of rotatable bonds is 4. The molecule has 122 valence electrons. The van der Waals surface area contributed by atoms with E-state index in [1.54, 1.807) is 37.3 Å². The van der Waals surface area contributed by atoms with Crippen LogP contribution in [0.5, 0.6) is 0 Å². The summed E-state index contributed by atoms with van der Waals surface area (Å²) in [5.41, 5.74) is 2.12. The minimum absolute atomic E-state index is 0.200. The largest absolute Gasteiger partial charge is 0.465 e. The summed E-state index contributed by atoms with van der Waals surface area (Å²) in [6.07, 6.45) is 0. The SMILES string of the molecule is COC(=O)c1ccccc1N(C)S(=O)(=O)c1ccc(C)cc1C. The van der Waals surface area contributed by atoms with E-state index in [0.717, 1.165) is 9.87 Å². The Morgan fingerprint density at radius 3 is 2.35 bits per heavy atom. The second-order valence-electron chi connectivity index (χ2n) is 5.25. The highest BCUT2D eigenvalue weighted by Crippen LogP contribution is 2.27. The Morgan fingerprint density at radius 2 is 1.74 bits per heavy atom. The Morgan fingerprint density at radius 1 is 1.09 bits per heavy atom. The first kappa shape index (κ1) is 17.0. The van der Waals surface area contributed by atoms with Crippen molar-refractivity contribution in [2.75, 3.05) is 18.5 Å². The van der Waals surface area contributed by atoms with Gasteiger partial charge in [0.05, 0.1) is 23.3 Å². The molecule has 0 heterocycles. The van der Waals surface area contributed by atoms with Gasteiger partial charge in [-0.25, -0.2) is 13.2 Å². The van der Waals surface area contributed by atoms with Gasteiger partial charge in [0.25, 0.3) is 10.0 Å². The van der Waals surface area contributed by atoms with Crippen LogP contribution in [0.2, 0.25) is 0 Å². The minimum Gasteiger partial charge on any atom is -0.465 e. The maximum Gasteiger partial charge on any atom is 0.340 e. The summed E-state index contributed by atoms with van der Waals surface area (Å²) in [4.78, 5) is 12.1. The fourth-order valence-electron chi connectivity index (χ4n) is 2.40. The Hall–Kier alpha value is -2.34. The lowest BCUT2D eigenvalue weighted by atomic mass is 10.2. The number of ether oxygens (including phenoxy) is 1. The van der Waals surface area contributed by atoms with E-state index in [1.807, 2.05) is 13.0 Å². The van der Waals surface area contributed by atoms with Crippen LogP contribution in [-0.4, -0.2) is 28.5 Å². The summed E-state index contributed by atoms with van der Waals surface area (Å²) in [5, 5.41) is 0. The molecule has 2 aromatic rings. The first-order valence-corrected chi connectivity index (χ1v) is 8.46. The smallest absolute Gasteiger partial charge is 0.340 e. The number of anilines is 1. The maximum absolute atomic E-state index is 12.9. The standard InChI is InChI=1S/C17H19NO4S/c1-12-9-10-16(13(2)11-12)23(20,21)18(3)15-8-6-5-7-14(15)17(19)22-4/h5-11H,1-4H3. The molecule has 6 heteroatoms. The fourth-order valence-corrected chi connectivity index (χ4v) is 3.82. The average Bonchev–Trinajstić information content (AvgIpc) is 2.53. The number of hydrogen-bond acceptors (Lipinski definition) is 4. The molecule has 0 aliphatic rings. The van der Waals surface area contributed by atoms with Crippen molar-refractivity contribution in [1.82, 2.24) is 0 Å². The number of nitrogens with zero attached hydrogens (tertiary/aromatic N) is 1. The molecular formula is C17H19NO4S. The van der Waals surface area contributed by atoms with E-state index in [1.165, 1.54) is 20.2 Å². The van der Waals surface area contributed by atoms with Gasteiger partial charge in [0.15, 0.2) is 0 Å². The predicted molar refractivity (Wildman–Crippen MR) is 89.3 cm³/mol. The lowest BCUT2D eigenvalue weighted by Crippen LogP contribution is -2.28. The Kier molecular flexibility index (Phi) is 4.75. The van der Waals surface area contributed by atoms with Gasteiger partial charge in [0, 0.05) is 7.05 Å². The van der Waals surface area contributed by atoms with Crippen LogP contribution in [0.15, 0.2) is 47.4 Å². The van der Waals surface area contributed by atoms with Crippen LogP contribution in [0.25, 0.3) is 0 Å². The molecule has 0 amide bonds. The number of hydrogen-bond donors (Lipinski definition) is 0. The molecule has 0 aliphatic heterocycles. The number of aryl methyl sites for hydroxylation is 2. The summed E-state index contributed by atoms with van der Waals surface area (Å²) in [6, 6.07) is 11.6. The zero-order valence-electron chi connectivity index (χ0n) is 13.5. The van der Waals surface area contributed by atoms with Crippen LogP contribution in [0.1, 0.15) is 21.5 Å². The van der Waals surface area contributed by atoms with Crippen LogP contribution in [0.4, 0.5) is 5.69 Å². The van der Waals surface area contributed by atoms with E-state index in [0.29, 0.717) is 5.56 Å². The van der Waals surface area contributed by atoms with Crippen molar-refractivity contribution in [3.05, 3.63) is 59.2 Å². The van der Waals surface area contributed by atoms with Gasteiger partial charge in [0.2, 0.25) is 0 Å². The zero-order chi connectivity index (χ0) is 17.2.